The third-order valence-electron chi connectivity index (χ3n) is 2.68. The molecule has 0 aromatic carbocycles. The first-order valence-electron chi connectivity index (χ1n) is 5.03. The van der Waals surface area contributed by atoms with E-state index in [9.17, 15) is 8.42 Å². The van der Waals surface area contributed by atoms with Crippen LogP contribution in [-0.4, -0.2) is 31.4 Å². The molecule has 84 valence electrons. The zero-order valence-electron chi connectivity index (χ0n) is 8.78. The van der Waals surface area contributed by atoms with E-state index in [1.807, 2.05) is 6.92 Å². The van der Waals surface area contributed by atoms with Crippen LogP contribution in [0, 0.1) is 5.92 Å². The first-order valence-corrected chi connectivity index (χ1v) is 6.68. The Kier molecular flexibility index (Phi) is 3.55. The van der Waals surface area contributed by atoms with E-state index in [1.54, 1.807) is 6.92 Å². The largest absolute Gasteiger partial charge is 0.394 e. The summed E-state index contributed by atoms with van der Waals surface area (Å²) in [6, 6.07) is 0. The van der Waals surface area contributed by atoms with Crippen molar-refractivity contribution in [3.8, 4) is 0 Å². The Morgan fingerprint density at radius 1 is 1.50 bits per heavy atom. The van der Waals surface area contributed by atoms with Gasteiger partial charge < -0.3 is 5.11 Å². The van der Waals surface area contributed by atoms with Crippen molar-refractivity contribution in [2.24, 2.45) is 5.92 Å². The van der Waals surface area contributed by atoms with E-state index in [1.165, 1.54) is 0 Å². The van der Waals surface area contributed by atoms with E-state index in [2.05, 4.69) is 4.72 Å². The molecule has 0 aliphatic heterocycles. The van der Waals surface area contributed by atoms with Crippen molar-refractivity contribution in [1.29, 1.82) is 0 Å². The normalized spacial score (nSPS) is 21.9. The summed E-state index contributed by atoms with van der Waals surface area (Å²) in [5.41, 5.74) is -0.701. The number of hydrogen-bond acceptors (Lipinski definition) is 3. The summed E-state index contributed by atoms with van der Waals surface area (Å²) in [6.45, 7) is 3.42. The van der Waals surface area contributed by atoms with Crippen molar-refractivity contribution < 1.29 is 13.5 Å². The minimum absolute atomic E-state index is 0.159. The summed E-state index contributed by atoms with van der Waals surface area (Å²) in [5.74, 6) is 0.551. The molecule has 0 amide bonds. The molecule has 0 radical (unpaired) electrons. The Hall–Kier alpha value is -0.130. The lowest BCUT2D eigenvalue weighted by molar-refractivity contribution is 0.191. The molecular formula is C9H19NO3S. The molecule has 14 heavy (non-hydrogen) atoms. The lowest BCUT2D eigenvalue weighted by atomic mass is 10.0. The molecule has 1 aliphatic carbocycles. The summed E-state index contributed by atoms with van der Waals surface area (Å²) in [5, 5.41) is 9.07. The highest BCUT2D eigenvalue weighted by atomic mass is 32.2. The van der Waals surface area contributed by atoms with Gasteiger partial charge in [0.25, 0.3) is 0 Å². The Morgan fingerprint density at radius 2 is 2.07 bits per heavy atom. The second-order valence-corrected chi connectivity index (χ2v) is 6.17. The minimum Gasteiger partial charge on any atom is -0.394 e. The fourth-order valence-corrected chi connectivity index (χ4v) is 3.23. The van der Waals surface area contributed by atoms with Gasteiger partial charge in [0.2, 0.25) is 10.0 Å². The van der Waals surface area contributed by atoms with Crippen molar-refractivity contribution in [2.75, 3.05) is 12.4 Å². The first kappa shape index (κ1) is 11.9. The standard InChI is InChI=1S/C9H19NO3S/c1-3-9(2,7-11)10-14(12,13)6-8-4-5-8/h8,10-11H,3-7H2,1-2H3. The molecule has 1 aliphatic rings. The van der Waals surface area contributed by atoms with Crippen LogP contribution in [0.25, 0.3) is 0 Å². The van der Waals surface area contributed by atoms with Crippen LogP contribution in [-0.2, 0) is 10.0 Å². The van der Waals surface area contributed by atoms with E-state index < -0.39 is 15.6 Å². The third kappa shape index (κ3) is 3.55. The molecule has 0 spiro atoms. The molecule has 1 fully saturated rings. The van der Waals surface area contributed by atoms with Gasteiger partial charge >= 0.3 is 0 Å². The Labute approximate surface area is 85.8 Å². The summed E-state index contributed by atoms with van der Waals surface area (Å²) < 4.78 is 25.7. The van der Waals surface area contributed by atoms with E-state index in [4.69, 9.17) is 5.11 Å². The first-order chi connectivity index (χ1) is 6.41. The van der Waals surface area contributed by atoms with Gasteiger partial charge in [0, 0.05) is 0 Å². The zero-order chi connectivity index (χ0) is 10.8. The summed E-state index contributed by atoms with van der Waals surface area (Å²) in [4.78, 5) is 0. The molecule has 0 heterocycles. The van der Waals surface area contributed by atoms with Crippen LogP contribution < -0.4 is 4.72 Å². The quantitative estimate of drug-likeness (QED) is 0.685. The lowest BCUT2D eigenvalue weighted by Gasteiger charge is -2.26. The molecule has 5 heteroatoms. The monoisotopic (exact) mass is 221 g/mol. The fourth-order valence-electron chi connectivity index (χ4n) is 1.23. The third-order valence-corrected chi connectivity index (χ3v) is 4.40. The maximum Gasteiger partial charge on any atom is 0.212 e. The maximum absolute atomic E-state index is 11.6. The highest BCUT2D eigenvalue weighted by molar-refractivity contribution is 7.89. The van der Waals surface area contributed by atoms with Gasteiger partial charge in [0.15, 0.2) is 0 Å². The predicted molar refractivity (Wildman–Crippen MR) is 55.4 cm³/mol. The van der Waals surface area contributed by atoms with E-state index in [0.29, 0.717) is 12.3 Å². The Bertz CT molecular complexity index is 278. The number of rotatable bonds is 6. The summed E-state index contributed by atoms with van der Waals surface area (Å²) >= 11 is 0. The smallest absolute Gasteiger partial charge is 0.212 e. The molecule has 4 nitrogen and oxygen atoms in total. The molecule has 2 N–H and O–H groups in total. The number of hydrogen-bond donors (Lipinski definition) is 2. The highest BCUT2D eigenvalue weighted by Gasteiger charge is 2.32. The average molecular weight is 221 g/mol. The minimum atomic E-state index is -3.21. The molecule has 0 bridgehead atoms. The molecule has 1 unspecified atom stereocenters. The molecule has 0 aromatic rings. The predicted octanol–water partition coefficient (Wildman–Crippen LogP) is 0.477. The van der Waals surface area contributed by atoms with Crippen LogP contribution in [0.4, 0.5) is 0 Å². The van der Waals surface area contributed by atoms with Crippen molar-refractivity contribution in [3.05, 3.63) is 0 Å². The summed E-state index contributed by atoms with van der Waals surface area (Å²) in [7, 11) is -3.21. The van der Waals surface area contributed by atoms with Crippen LogP contribution in [0.5, 0.6) is 0 Å². The van der Waals surface area contributed by atoms with Crippen LogP contribution in [0.2, 0.25) is 0 Å². The molecule has 1 rings (SSSR count). The number of nitrogens with one attached hydrogen (secondary N) is 1. The van der Waals surface area contributed by atoms with Crippen molar-refractivity contribution in [1.82, 2.24) is 4.72 Å². The van der Waals surface area contributed by atoms with Crippen molar-refractivity contribution in [3.63, 3.8) is 0 Å². The van der Waals surface area contributed by atoms with Crippen LogP contribution in [0.3, 0.4) is 0 Å². The van der Waals surface area contributed by atoms with Gasteiger partial charge in [-0.05, 0) is 32.1 Å². The molecular weight excluding hydrogens is 202 g/mol. The second kappa shape index (κ2) is 4.16. The van der Waals surface area contributed by atoms with Gasteiger partial charge in [-0.25, -0.2) is 13.1 Å². The van der Waals surface area contributed by atoms with Gasteiger partial charge in [-0.2, -0.15) is 0 Å². The van der Waals surface area contributed by atoms with Crippen LogP contribution in [0.15, 0.2) is 0 Å². The second-order valence-electron chi connectivity index (χ2n) is 4.40. The lowest BCUT2D eigenvalue weighted by Crippen LogP contribution is -2.49. The van der Waals surface area contributed by atoms with E-state index in [-0.39, 0.29) is 12.4 Å². The maximum atomic E-state index is 11.6. The van der Waals surface area contributed by atoms with Gasteiger partial charge in [-0.3, -0.25) is 0 Å². The van der Waals surface area contributed by atoms with Crippen molar-refractivity contribution in [2.45, 2.75) is 38.6 Å². The molecule has 0 saturated heterocycles. The topological polar surface area (TPSA) is 66.4 Å². The highest BCUT2D eigenvalue weighted by Crippen LogP contribution is 2.30. The van der Waals surface area contributed by atoms with Gasteiger partial charge in [-0.15, -0.1) is 0 Å². The molecule has 0 aromatic heterocycles. The van der Waals surface area contributed by atoms with Crippen LogP contribution in [0.1, 0.15) is 33.1 Å². The Morgan fingerprint density at radius 3 is 2.43 bits per heavy atom. The number of aliphatic hydroxyl groups is 1. The molecule has 1 saturated carbocycles. The van der Waals surface area contributed by atoms with E-state index >= 15 is 0 Å². The zero-order valence-corrected chi connectivity index (χ0v) is 9.60. The van der Waals surface area contributed by atoms with E-state index in [0.717, 1.165) is 12.8 Å². The fraction of sp³-hybridized carbons (Fsp3) is 1.00. The average Bonchev–Trinajstić information content (AvgIpc) is 2.86. The molecule has 1 atom stereocenters. The SMILES string of the molecule is CCC(C)(CO)NS(=O)(=O)CC1CC1. The van der Waals surface area contributed by atoms with Gasteiger partial charge in [-0.1, -0.05) is 6.92 Å². The Balaban J connectivity index is 2.55. The number of aliphatic hydroxyl groups excluding tert-OH is 1. The van der Waals surface area contributed by atoms with Gasteiger partial charge in [0.05, 0.1) is 17.9 Å². The van der Waals surface area contributed by atoms with Crippen LogP contribution >= 0.6 is 0 Å². The summed E-state index contributed by atoms with van der Waals surface area (Å²) in [6.07, 6.45) is 2.62. The number of sulfonamides is 1. The van der Waals surface area contributed by atoms with Gasteiger partial charge in [0.1, 0.15) is 0 Å². The van der Waals surface area contributed by atoms with Crippen molar-refractivity contribution >= 4 is 10.0 Å².